The minimum absolute atomic E-state index is 0.0283. The average molecular weight is 302 g/mol. The third-order valence-corrected chi connectivity index (χ3v) is 4.17. The number of carbonyl (C=O) groups is 2. The van der Waals surface area contributed by atoms with Crippen LogP contribution in [0, 0.1) is 0 Å². The Morgan fingerprint density at radius 2 is 2.05 bits per heavy atom. The summed E-state index contributed by atoms with van der Waals surface area (Å²) in [4.78, 5) is 23.7. The molecule has 22 heavy (non-hydrogen) atoms. The molecule has 0 unspecified atom stereocenters. The number of fused-ring (bicyclic) bond motifs is 1. The van der Waals surface area contributed by atoms with Crippen molar-refractivity contribution in [2.24, 2.45) is 0 Å². The van der Waals surface area contributed by atoms with Gasteiger partial charge in [0.25, 0.3) is 0 Å². The van der Waals surface area contributed by atoms with Gasteiger partial charge in [-0.3, -0.25) is 9.59 Å². The smallest absolute Gasteiger partial charge is 0.225 e. The first-order valence-corrected chi connectivity index (χ1v) is 8.16. The molecule has 0 radical (unpaired) electrons. The molecule has 2 amide bonds. The molecule has 1 aliphatic rings. The van der Waals surface area contributed by atoms with E-state index in [1.165, 1.54) is 12.8 Å². The number of rotatable bonds is 6. The number of unbranched alkanes of at least 4 members (excludes halogenated alkanes) is 3. The lowest BCUT2D eigenvalue weighted by molar-refractivity contribution is -0.117. The number of anilines is 2. The highest BCUT2D eigenvalue weighted by Crippen LogP contribution is 2.38. The fourth-order valence-electron chi connectivity index (χ4n) is 2.94. The van der Waals surface area contributed by atoms with Crippen LogP contribution in [0.4, 0.5) is 11.4 Å². The van der Waals surface area contributed by atoms with Gasteiger partial charge in [0.05, 0.1) is 0 Å². The lowest BCUT2D eigenvalue weighted by atomic mass is 9.78. The summed E-state index contributed by atoms with van der Waals surface area (Å²) in [5.74, 6) is 0.0676. The molecule has 1 heterocycles. The van der Waals surface area contributed by atoms with Gasteiger partial charge in [0.15, 0.2) is 0 Å². The highest BCUT2D eigenvalue weighted by molar-refractivity contribution is 5.97. The second kappa shape index (κ2) is 6.95. The topological polar surface area (TPSA) is 58.2 Å². The van der Waals surface area contributed by atoms with Crippen LogP contribution in [-0.4, -0.2) is 11.8 Å². The lowest BCUT2D eigenvalue weighted by Gasteiger charge is -2.32. The molecule has 4 heteroatoms. The van der Waals surface area contributed by atoms with Crippen molar-refractivity contribution in [2.75, 3.05) is 10.6 Å². The van der Waals surface area contributed by atoms with Crippen molar-refractivity contribution in [3.8, 4) is 0 Å². The first-order chi connectivity index (χ1) is 10.4. The molecular weight excluding hydrogens is 276 g/mol. The van der Waals surface area contributed by atoms with Crippen LogP contribution < -0.4 is 10.6 Å². The molecule has 0 spiro atoms. The van der Waals surface area contributed by atoms with Crippen molar-refractivity contribution >= 4 is 23.2 Å². The standard InChI is InChI=1S/C18H26N2O2/c1-4-5-6-7-8-16(21)19-13-9-10-14-15(11-13)20-17(22)12-18(14,2)3/h9-11H,4-8,12H2,1-3H3,(H,19,21)(H,20,22). The zero-order valence-corrected chi connectivity index (χ0v) is 13.8. The van der Waals surface area contributed by atoms with Crippen LogP contribution in [0.15, 0.2) is 18.2 Å². The van der Waals surface area contributed by atoms with Crippen molar-refractivity contribution in [1.82, 2.24) is 0 Å². The Bertz CT molecular complexity index is 564. The monoisotopic (exact) mass is 302 g/mol. The van der Waals surface area contributed by atoms with Gasteiger partial charge in [0.2, 0.25) is 11.8 Å². The zero-order chi connectivity index (χ0) is 16.2. The van der Waals surface area contributed by atoms with Crippen LogP contribution >= 0.6 is 0 Å². The molecule has 120 valence electrons. The summed E-state index contributed by atoms with van der Waals surface area (Å²) >= 11 is 0. The van der Waals surface area contributed by atoms with Crippen molar-refractivity contribution in [1.29, 1.82) is 0 Å². The largest absolute Gasteiger partial charge is 0.326 e. The Morgan fingerprint density at radius 1 is 1.27 bits per heavy atom. The van der Waals surface area contributed by atoms with Gasteiger partial charge in [-0.05, 0) is 24.1 Å². The summed E-state index contributed by atoms with van der Waals surface area (Å²) in [6, 6.07) is 5.78. The Kier molecular flexibility index (Phi) is 5.22. The Morgan fingerprint density at radius 3 is 2.77 bits per heavy atom. The number of nitrogens with one attached hydrogen (secondary N) is 2. The summed E-state index contributed by atoms with van der Waals surface area (Å²) in [5, 5.41) is 5.82. The van der Waals surface area contributed by atoms with E-state index < -0.39 is 0 Å². The Labute approximate surface area is 132 Å². The zero-order valence-electron chi connectivity index (χ0n) is 13.8. The maximum Gasteiger partial charge on any atom is 0.225 e. The van der Waals surface area contributed by atoms with Crippen molar-refractivity contribution in [3.63, 3.8) is 0 Å². The quantitative estimate of drug-likeness (QED) is 0.773. The van der Waals surface area contributed by atoms with Gasteiger partial charge in [-0.25, -0.2) is 0 Å². The van der Waals surface area contributed by atoms with E-state index in [0.717, 1.165) is 29.8 Å². The van der Waals surface area contributed by atoms with Crippen LogP contribution in [0.5, 0.6) is 0 Å². The molecule has 0 bridgehead atoms. The van der Waals surface area contributed by atoms with E-state index in [1.54, 1.807) is 0 Å². The van der Waals surface area contributed by atoms with Crippen molar-refractivity contribution < 1.29 is 9.59 Å². The van der Waals surface area contributed by atoms with Crippen LogP contribution in [0.1, 0.15) is 64.9 Å². The number of hydrogen-bond donors (Lipinski definition) is 2. The van der Waals surface area contributed by atoms with E-state index in [2.05, 4.69) is 31.4 Å². The maximum atomic E-state index is 11.9. The predicted octanol–water partition coefficient (Wildman–Crippen LogP) is 4.22. The van der Waals surface area contributed by atoms with Crippen LogP contribution in [-0.2, 0) is 15.0 Å². The van der Waals surface area contributed by atoms with Gasteiger partial charge >= 0.3 is 0 Å². The van der Waals surface area contributed by atoms with E-state index in [1.807, 2.05) is 18.2 Å². The van der Waals surface area contributed by atoms with Crippen LogP contribution in [0.25, 0.3) is 0 Å². The van der Waals surface area contributed by atoms with Gasteiger partial charge in [0.1, 0.15) is 0 Å². The summed E-state index contributed by atoms with van der Waals surface area (Å²) in [6.45, 7) is 6.29. The molecule has 2 rings (SSSR count). The minimum Gasteiger partial charge on any atom is -0.326 e. The third kappa shape index (κ3) is 4.09. The van der Waals surface area contributed by atoms with E-state index in [0.29, 0.717) is 12.8 Å². The van der Waals surface area contributed by atoms with Crippen molar-refractivity contribution in [2.45, 2.75) is 64.7 Å². The molecule has 0 saturated heterocycles. The highest BCUT2D eigenvalue weighted by atomic mass is 16.2. The Hall–Kier alpha value is -1.84. The summed E-state index contributed by atoms with van der Waals surface area (Å²) < 4.78 is 0. The molecule has 0 fully saturated rings. The summed E-state index contributed by atoms with van der Waals surface area (Å²) in [7, 11) is 0. The molecule has 4 nitrogen and oxygen atoms in total. The van der Waals surface area contributed by atoms with Gasteiger partial charge in [0, 0.05) is 29.6 Å². The minimum atomic E-state index is -0.166. The average Bonchev–Trinajstić information content (AvgIpc) is 2.42. The molecule has 1 aromatic carbocycles. The highest BCUT2D eigenvalue weighted by Gasteiger charge is 2.31. The van der Waals surface area contributed by atoms with Gasteiger partial charge < -0.3 is 10.6 Å². The molecule has 0 atom stereocenters. The van der Waals surface area contributed by atoms with E-state index in [4.69, 9.17) is 0 Å². The van der Waals surface area contributed by atoms with E-state index in [-0.39, 0.29) is 17.2 Å². The Balaban J connectivity index is 2.01. The molecular formula is C18H26N2O2. The molecule has 1 aromatic rings. The number of amides is 2. The number of benzene rings is 1. The molecule has 0 aromatic heterocycles. The normalized spacial score (nSPS) is 15.9. The van der Waals surface area contributed by atoms with Crippen molar-refractivity contribution in [3.05, 3.63) is 23.8 Å². The summed E-state index contributed by atoms with van der Waals surface area (Å²) in [5.41, 5.74) is 2.51. The predicted molar refractivity (Wildman–Crippen MR) is 90.1 cm³/mol. The first-order valence-electron chi connectivity index (χ1n) is 8.16. The third-order valence-electron chi connectivity index (χ3n) is 4.17. The molecule has 0 aliphatic carbocycles. The lowest BCUT2D eigenvalue weighted by Crippen LogP contribution is -2.32. The first kappa shape index (κ1) is 16.5. The number of hydrogen-bond acceptors (Lipinski definition) is 2. The van der Waals surface area contributed by atoms with Gasteiger partial charge in [-0.15, -0.1) is 0 Å². The fourth-order valence-corrected chi connectivity index (χ4v) is 2.94. The second-order valence-electron chi connectivity index (χ2n) is 6.73. The molecule has 1 aliphatic heterocycles. The fraction of sp³-hybridized carbons (Fsp3) is 0.556. The van der Waals surface area contributed by atoms with E-state index >= 15 is 0 Å². The summed E-state index contributed by atoms with van der Waals surface area (Å²) in [6.07, 6.45) is 5.40. The second-order valence-corrected chi connectivity index (χ2v) is 6.73. The SMILES string of the molecule is CCCCCCC(=O)Nc1ccc2c(c1)NC(=O)CC2(C)C. The molecule has 2 N–H and O–H groups in total. The van der Waals surface area contributed by atoms with Gasteiger partial charge in [-0.1, -0.05) is 46.1 Å². The molecule has 0 saturated carbocycles. The maximum absolute atomic E-state index is 11.9. The number of carbonyl (C=O) groups excluding carboxylic acids is 2. The van der Waals surface area contributed by atoms with E-state index in [9.17, 15) is 9.59 Å². The van der Waals surface area contributed by atoms with Gasteiger partial charge in [-0.2, -0.15) is 0 Å². The van der Waals surface area contributed by atoms with Crippen LogP contribution in [0.3, 0.4) is 0 Å². The van der Waals surface area contributed by atoms with Crippen LogP contribution in [0.2, 0.25) is 0 Å².